The van der Waals surface area contributed by atoms with Gasteiger partial charge in [0.25, 0.3) is 5.56 Å². The third kappa shape index (κ3) is 6.25. The molecule has 0 bridgehead atoms. The lowest BCUT2D eigenvalue weighted by atomic mass is 10.2. The molecule has 0 unspecified atom stereocenters. The van der Waals surface area contributed by atoms with Crippen molar-refractivity contribution in [3.63, 3.8) is 0 Å². The molecule has 8 nitrogen and oxygen atoms in total. The van der Waals surface area contributed by atoms with Gasteiger partial charge in [0.15, 0.2) is 5.13 Å². The Bertz CT molecular complexity index is 1170. The van der Waals surface area contributed by atoms with Crippen molar-refractivity contribution < 1.29 is 14.3 Å². The Balaban J connectivity index is 1.70. The molecule has 0 aliphatic heterocycles. The number of ether oxygens (including phenoxy) is 1. The summed E-state index contributed by atoms with van der Waals surface area (Å²) in [4.78, 5) is 51.5. The van der Waals surface area contributed by atoms with Crippen LogP contribution in [0.25, 0.3) is 10.9 Å². The number of hydrogen-bond donors (Lipinski definition) is 1. The van der Waals surface area contributed by atoms with Crippen LogP contribution in [0.4, 0.5) is 5.13 Å². The van der Waals surface area contributed by atoms with E-state index < -0.39 is 5.97 Å². The lowest BCUT2D eigenvalue weighted by molar-refractivity contribution is -0.118. The average Bonchev–Trinajstić information content (AvgIpc) is 3.18. The Hall–Kier alpha value is -3.07. The second-order valence-corrected chi connectivity index (χ2v) is 8.74. The number of nitrogens with zero attached hydrogens (tertiary/aromatic N) is 3. The Kier molecular flexibility index (Phi) is 8.71. The van der Waals surface area contributed by atoms with Crippen molar-refractivity contribution in [3.05, 3.63) is 51.0 Å². The van der Waals surface area contributed by atoms with E-state index in [1.807, 2.05) is 6.07 Å². The van der Waals surface area contributed by atoms with Crippen LogP contribution in [-0.4, -0.2) is 40.0 Å². The molecule has 0 radical (unpaired) electrons. The summed E-state index contributed by atoms with van der Waals surface area (Å²) < 4.78 is 5.11. The summed E-state index contributed by atoms with van der Waals surface area (Å²) in [6.07, 6.45) is 4.21. The number of aromatic amines is 1. The molecule has 0 spiro atoms. The number of esters is 1. The van der Waals surface area contributed by atoms with Crippen molar-refractivity contribution in [3.8, 4) is 0 Å². The third-order valence-corrected chi connectivity index (χ3v) is 6.39. The van der Waals surface area contributed by atoms with Crippen molar-refractivity contribution in [2.24, 2.45) is 0 Å². The predicted octanol–water partition coefficient (Wildman–Crippen LogP) is 4.41. The maximum atomic E-state index is 13.1. The highest BCUT2D eigenvalue weighted by molar-refractivity contribution is 7.17. The van der Waals surface area contributed by atoms with Gasteiger partial charge in [0.05, 0.1) is 23.2 Å². The number of fused-ring (bicyclic) bond motifs is 1. The van der Waals surface area contributed by atoms with E-state index in [0.717, 1.165) is 19.3 Å². The number of anilines is 1. The predicted molar refractivity (Wildman–Crippen MR) is 130 cm³/mol. The summed E-state index contributed by atoms with van der Waals surface area (Å²) in [7, 11) is 0. The fraction of sp³-hybridized carbons (Fsp3) is 0.458. The van der Waals surface area contributed by atoms with E-state index in [4.69, 9.17) is 4.74 Å². The fourth-order valence-corrected chi connectivity index (χ4v) is 4.53. The molecule has 0 saturated carbocycles. The molecule has 3 rings (SSSR count). The molecule has 9 heteroatoms. The summed E-state index contributed by atoms with van der Waals surface area (Å²) in [5, 5.41) is 1.07. The minimum absolute atomic E-state index is 0.0570. The molecule has 33 heavy (non-hydrogen) atoms. The lowest BCUT2D eigenvalue weighted by Crippen LogP contribution is -2.31. The quantitative estimate of drug-likeness (QED) is 0.329. The largest absolute Gasteiger partial charge is 0.462 e. The molecule has 1 amide bonds. The molecule has 2 heterocycles. The van der Waals surface area contributed by atoms with Gasteiger partial charge >= 0.3 is 5.97 Å². The van der Waals surface area contributed by atoms with Crippen LogP contribution in [0.5, 0.6) is 0 Å². The number of unbranched alkanes of at least 4 members (excludes halogenated alkanes) is 2. The first-order valence-electron chi connectivity index (χ1n) is 11.4. The molecule has 176 valence electrons. The number of amides is 1. The van der Waals surface area contributed by atoms with Gasteiger partial charge in [-0.25, -0.2) is 14.8 Å². The maximum Gasteiger partial charge on any atom is 0.350 e. The molecule has 0 saturated heterocycles. The number of para-hydroxylation sites is 1. The summed E-state index contributed by atoms with van der Waals surface area (Å²) in [6.45, 7) is 6.45. The van der Waals surface area contributed by atoms with Crippen LogP contribution in [0.2, 0.25) is 0 Å². The van der Waals surface area contributed by atoms with Gasteiger partial charge in [0.1, 0.15) is 10.7 Å². The van der Waals surface area contributed by atoms with Crippen molar-refractivity contribution in [1.82, 2.24) is 15.0 Å². The van der Waals surface area contributed by atoms with Gasteiger partial charge in [-0.05, 0) is 38.8 Å². The highest BCUT2D eigenvalue weighted by Gasteiger charge is 2.23. The molecule has 3 aromatic rings. The lowest BCUT2D eigenvalue weighted by Gasteiger charge is -2.20. The van der Waals surface area contributed by atoms with Gasteiger partial charge in [-0.3, -0.25) is 14.5 Å². The van der Waals surface area contributed by atoms with Gasteiger partial charge in [-0.2, -0.15) is 0 Å². The van der Waals surface area contributed by atoms with Crippen LogP contribution in [0, 0.1) is 6.92 Å². The topological polar surface area (TPSA) is 105 Å². The Labute approximate surface area is 197 Å². The molecule has 0 fully saturated rings. The van der Waals surface area contributed by atoms with Crippen molar-refractivity contribution in [1.29, 1.82) is 0 Å². The van der Waals surface area contributed by atoms with E-state index >= 15 is 0 Å². The number of hydrogen-bond acceptors (Lipinski definition) is 7. The van der Waals surface area contributed by atoms with E-state index in [0.29, 0.717) is 51.8 Å². The molecule has 1 N–H and O–H groups in total. The SMILES string of the molecule is CCCCCN(C(=O)CCCc1nc2ccccc2c(=O)[nH]1)c1nc(C)c(C(=O)OCC)s1. The molecule has 1 aromatic carbocycles. The Morgan fingerprint density at radius 1 is 1.12 bits per heavy atom. The number of carbonyl (C=O) groups is 2. The zero-order valence-electron chi connectivity index (χ0n) is 19.3. The van der Waals surface area contributed by atoms with Gasteiger partial charge in [0, 0.05) is 19.4 Å². The molecular weight excluding hydrogens is 440 g/mol. The average molecular weight is 471 g/mol. The number of rotatable bonds is 11. The molecular formula is C24H30N4O4S. The zero-order valence-corrected chi connectivity index (χ0v) is 20.2. The third-order valence-electron chi connectivity index (χ3n) is 5.23. The molecule has 0 aliphatic rings. The second-order valence-electron chi connectivity index (χ2n) is 7.77. The number of carbonyl (C=O) groups excluding carboxylic acids is 2. The van der Waals surface area contributed by atoms with E-state index in [9.17, 15) is 14.4 Å². The van der Waals surface area contributed by atoms with E-state index in [1.54, 1.807) is 36.9 Å². The minimum Gasteiger partial charge on any atom is -0.462 e. The smallest absolute Gasteiger partial charge is 0.350 e. The number of thiazole rings is 1. The van der Waals surface area contributed by atoms with E-state index in [1.165, 1.54) is 11.3 Å². The number of benzene rings is 1. The van der Waals surface area contributed by atoms with Crippen LogP contribution >= 0.6 is 11.3 Å². The normalized spacial score (nSPS) is 11.0. The van der Waals surface area contributed by atoms with Crippen molar-refractivity contribution in [2.75, 3.05) is 18.1 Å². The first-order valence-corrected chi connectivity index (χ1v) is 12.2. The molecule has 2 aromatic heterocycles. The minimum atomic E-state index is -0.411. The van der Waals surface area contributed by atoms with Crippen molar-refractivity contribution >= 4 is 39.2 Å². The number of nitrogens with one attached hydrogen (secondary N) is 1. The number of aromatic nitrogens is 3. The first-order chi connectivity index (χ1) is 15.9. The van der Waals surface area contributed by atoms with Crippen LogP contribution < -0.4 is 10.5 Å². The Morgan fingerprint density at radius 2 is 1.91 bits per heavy atom. The van der Waals surface area contributed by atoms with Crippen LogP contribution in [0.3, 0.4) is 0 Å². The first kappa shape index (κ1) is 24.6. The van der Waals surface area contributed by atoms with E-state index in [-0.39, 0.29) is 24.5 Å². The molecule has 0 aliphatic carbocycles. The van der Waals surface area contributed by atoms with Gasteiger partial charge < -0.3 is 9.72 Å². The highest BCUT2D eigenvalue weighted by atomic mass is 32.1. The van der Waals surface area contributed by atoms with Crippen LogP contribution in [-0.2, 0) is 16.0 Å². The summed E-state index contributed by atoms with van der Waals surface area (Å²) in [6, 6.07) is 7.19. The second kappa shape index (κ2) is 11.7. The van der Waals surface area contributed by atoms with Gasteiger partial charge in [-0.15, -0.1) is 0 Å². The summed E-state index contributed by atoms with van der Waals surface area (Å²) in [5.74, 6) is 0.100. The summed E-state index contributed by atoms with van der Waals surface area (Å²) in [5.41, 5.74) is 1.04. The van der Waals surface area contributed by atoms with Crippen molar-refractivity contribution in [2.45, 2.75) is 59.3 Å². The van der Waals surface area contributed by atoms with Crippen LogP contribution in [0.15, 0.2) is 29.1 Å². The summed E-state index contributed by atoms with van der Waals surface area (Å²) >= 11 is 1.19. The highest BCUT2D eigenvalue weighted by Crippen LogP contribution is 2.28. The number of aryl methyl sites for hydroxylation is 2. The fourth-order valence-electron chi connectivity index (χ4n) is 3.53. The monoisotopic (exact) mass is 470 g/mol. The van der Waals surface area contributed by atoms with Gasteiger partial charge in [0.2, 0.25) is 5.91 Å². The zero-order chi connectivity index (χ0) is 23.8. The Morgan fingerprint density at radius 3 is 2.67 bits per heavy atom. The maximum absolute atomic E-state index is 13.1. The van der Waals surface area contributed by atoms with Gasteiger partial charge in [-0.1, -0.05) is 43.2 Å². The van der Waals surface area contributed by atoms with E-state index in [2.05, 4.69) is 21.9 Å². The standard InChI is InChI=1S/C24H30N4O4S/c1-4-6-9-15-28(24-25-16(3)21(33-24)23(31)32-5-2)20(29)14-10-13-19-26-18-12-8-7-11-17(18)22(30)27-19/h7-8,11-12H,4-6,9-10,13-15H2,1-3H3,(H,26,27,30). The van der Waals surface area contributed by atoms with Crippen LogP contribution in [0.1, 0.15) is 67.1 Å². The number of H-pyrrole nitrogens is 1. The molecule has 0 atom stereocenters.